The van der Waals surface area contributed by atoms with Crippen molar-refractivity contribution < 1.29 is 14.3 Å². The molecule has 2 rings (SSSR count). The van der Waals surface area contributed by atoms with Crippen molar-refractivity contribution in [3.05, 3.63) is 35.9 Å². The number of hydrogen-bond acceptors (Lipinski definition) is 3. The molecule has 1 aliphatic heterocycles. The summed E-state index contributed by atoms with van der Waals surface area (Å²) in [5, 5.41) is 2.78. The number of amides is 2. The smallest absolute Gasteiger partial charge is 0.410 e. The molecule has 0 unspecified atom stereocenters. The van der Waals surface area contributed by atoms with E-state index in [2.05, 4.69) is 5.32 Å². The third-order valence-corrected chi connectivity index (χ3v) is 2.73. The van der Waals surface area contributed by atoms with E-state index in [9.17, 15) is 9.59 Å². The van der Waals surface area contributed by atoms with Gasteiger partial charge in [0.05, 0.1) is 0 Å². The Hall–Kier alpha value is -2.04. The molecule has 17 heavy (non-hydrogen) atoms. The van der Waals surface area contributed by atoms with Crippen LogP contribution in [0.25, 0.3) is 0 Å². The highest BCUT2D eigenvalue weighted by Gasteiger charge is 2.34. The maximum absolute atomic E-state index is 11.8. The molecule has 1 atom stereocenters. The zero-order valence-electron chi connectivity index (χ0n) is 9.55. The number of benzene rings is 1. The van der Waals surface area contributed by atoms with Crippen LogP contribution in [0, 0.1) is 0 Å². The first-order valence-corrected chi connectivity index (χ1v) is 5.39. The SMILES string of the molecule is CN1C(=O)OC[C@H]1C(=O)NCc1ccccc1. The number of cyclic esters (lactones) is 1. The lowest BCUT2D eigenvalue weighted by Crippen LogP contribution is -2.43. The molecule has 0 aliphatic carbocycles. The third-order valence-electron chi connectivity index (χ3n) is 2.73. The summed E-state index contributed by atoms with van der Waals surface area (Å²) in [6.07, 6.45) is -0.454. The van der Waals surface area contributed by atoms with Crippen LogP contribution in [0.5, 0.6) is 0 Å². The maximum Gasteiger partial charge on any atom is 0.410 e. The average Bonchev–Trinajstić information content (AvgIpc) is 2.69. The minimum atomic E-state index is -0.522. The Balaban J connectivity index is 1.88. The van der Waals surface area contributed by atoms with E-state index in [-0.39, 0.29) is 12.5 Å². The van der Waals surface area contributed by atoms with Crippen LogP contribution in [0.15, 0.2) is 30.3 Å². The third kappa shape index (κ3) is 2.55. The molecule has 0 saturated carbocycles. The van der Waals surface area contributed by atoms with Gasteiger partial charge in [-0.25, -0.2) is 4.79 Å². The molecule has 2 amide bonds. The van der Waals surface area contributed by atoms with E-state index in [4.69, 9.17) is 4.74 Å². The number of ether oxygens (including phenoxy) is 1. The molecule has 5 heteroatoms. The van der Waals surface area contributed by atoms with Gasteiger partial charge in [-0.2, -0.15) is 0 Å². The van der Waals surface area contributed by atoms with Crippen molar-refractivity contribution in [1.29, 1.82) is 0 Å². The number of nitrogens with one attached hydrogen (secondary N) is 1. The Morgan fingerprint density at radius 1 is 1.47 bits per heavy atom. The van der Waals surface area contributed by atoms with Crippen LogP contribution in [-0.2, 0) is 16.1 Å². The van der Waals surface area contributed by atoms with E-state index in [1.165, 1.54) is 4.90 Å². The van der Waals surface area contributed by atoms with E-state index in [0.717, 1.165) is 5.56 Å². The van der Waals surface area contributed by atoms with Crippen molar-refractivity contribution in [2.75, 3.05) is 13.7 Å². The highest BCUT2D eigenvalue weighted by molar-refractivity contribution is 5.87. The summed E-state index contributed by atoms with van der Waals surface area (Å²) in [5.74, 6) is -0.192. The van der Waals surface area contributed by atoms with Crippen molar-refractivity contribution in [3.63, 3.8) is 0 Å². The second-order valence-corrected chi connectivity index (χ2v) is 3.91. The predicted molar refractivity (Wildman–Crippen MR) is 61.2 cm³/mol. The molecule has 1 aliphatic rings. The fraction of sp³-hybridized carbons (Fsp3) is 0.333. The molecule has 1 aromatic rings. The number of rotatable bonds is 3. The standard InChI is InChI=1S/C12H14N2O3/c1-14-10(8-17-12(14)16)11(15)13-7-9-5-3-2-4-6-9/h2-6,10H,7-8H2,1H3,(H,13,15)/t10-/m0/s1. The van der Waals surface area contributed by atoms with E-state index < -0.39 is 12.1 Å². The van der Waals surface area contributed by atoms with Gasteiger partial charge in [0.25, 0.3) is 0 Å². The molecule has 0 aromatic heterocycles. The van der Waals surface area contributed by atoms with Gasteiger partial charge in [0.1, 0.15) is 12.6 Å². The topological polar surface area (TPSA) is 58.6 Å². The zero-order valence-corrected chi connectivity index (χ0v) is 9.55. The average molecular weight is 234 g/mol. The Morgan fingerprint density at radius 2 is 2.18 bits per heavy atom. The summed E-state index contributed by atoms with van der Waals surface area (Å²) < 4.78 is 4.78. The van der Waals surface area contributed by atoms with Crippen molar-refractivity contribution >= 4 is 12.0 Å². The van der Waals surface area contributed by atoms with E-state index in [1.54, 1.807) is 7.05 Å². The summed E-state index contributed by atoms with van der Waals surface area (Å²) in [6.45, 7) is 0.578. The Bertz CT molecular complexity index is 419. The lowest BCUT2D eigenvalue weighted by Gasteiger charge is -2.15. The van der Waals surface area contributed by atoms with Gasteiger partial charge >= 0.3 is 6.09 Å². The molecule has 0 bridgehead atoms. The first kappa shape index (κ1) is 11.4. The van der Waals surface area contributed by atoms with Crippen LogP contribution in [-0.4, -0.2) is 36.6 Å². The molecular formula is C12H14N2O3. The summed E-state index contributed by atoms with van der Waals surface area (Å²) in [7, 11) is 1.56. The second kappa shape index (κ2) is 4.86. The molecule has 1 heterocycles. The second-order valence-electron chi connectivity index (χ2n) is 3.91. The molecule has 1 N–H and O–H groups in total. The normalized spacial score (nSPS) is 19.0. The van der Waals surface area contributed by atoms with Gasteiger partial charge in [-0.05, 0) is 5.56 Å². The number of carbonyl (C=O) groups excluding carboxylic acids is 2. The van der Waals surface area contributed by atoms with Crippen molar-refractivity contribution in [3.8, 4) is 0 Å². The Kier molecular flexibility index (Phi) is 3.27. The van der Waals surface area contributed by atoms with Crippen LogP contribution >= 0.6 is 0 Å². The molecular weight excluding hydrogens is 220 g/mol. The largest absolute Gasteiger partial charge is 0.447 e. The highest BCUT2D eigenvalue weighted by atomic mass is 16.6. The number of carbonyl (C=O) groups is 2. The summed E-state index contributed by atoms with van der Waals surface area (Å²) in [4.78, 5) is 24.2. The number of nitrogens with zero attached hydrogens (tertiary/aromatic N) is 1. The molecule has 0 spiro atoms. The minimum Gasteiger partial charge on any atom is -0.447 e. The maximum atomic E-state index is 11.8. The predicted octanol–water partition coefficient (Wildman–Crippen LogP) is 0.753. The molecule has 5 nitrogen and oxygen atoms in total. The van der Waals surface area contributed by atoms with Gasteiger partial charge in [0.2, 0.25) is 5.91 Å². The Morgan fingerprint density at radius 3 is 2.76 bits per heavy atom. The van der Waals surface area contributed by atoms with E-state index in [0.29, 0.717) is 6.54 Å². The Labute approximate surface area is 99.4 Å². The van der Waals surface area contributed by atoms with E-state index >= 15 is 0 Å². The van der Waals surface area contributed by atoms with E-state index in [1.807, 2.05) is 30.3 Å². The van der Waals surface area contributed by atoms with Crippen molar-refractivity contribution in [2.45, 2.75) is 12.6 Å². The lowest BCUT2D eigenvalue weighted by atomic mass is 10.2. The van der Waals surface area contributed by atoms with Crippen LogP contribution < -0.4 is 5.32 Å². The summed E-state index contributed by atoms with van der Waals surface area (Å²) in [5.41, 5.74) is 1.02. The van der Waals surface area contributed by atoms with Gasteiger partial charge in [0, 0.05) is 13.6 Å². The monoisotopic (exact) mass is 234 g/mol. The zero-order chi connectivity index (χ0) is 12.3. The fourth-order valence-corrected chi connectivity index (χ4v) is 1.65. The summed E-state index contributed by atoms with van der Waals surface area (Å²) in [6, 6.07) is 9.08. The number of hydrogen-bond donors (Lipinski definition) is 1. The first-order valence-electron chi connectivity index (χ1n) is 5.39. The number of likely N-dealkylation sites (N-methyl/N-ethyl adjacent to an activating group) is 1. The van der Waals surface area contributed by atoms with Crippen molar-refractivity contribution in [2.24, 2.45) is 0 Å². The van der Waals surface area contributed by atoms with Gasteiger partial charge < -0.3 is 10.1 Å². The molecule has 1 saturated heterocycles. The lowest BCUT2D eigenvalue weighted by molar-refractivity contribution is -0.124. The minimum absolute atomic E-state index is 0.121. The fourth-order valence-electron chi connectivity index (χ4n) is 1.65. The molecule has 1 fully saturated rings. The summed E-state index contributed by atoms with van der Waals surface area (Å²) >= 11 is 0. The van der Waals surface area contributed by atoms with Crippen molar-refractivity contribution in [1.82, 2.24) is 10.2 Å². The van der Waals surface area contributed by atoms with Crippen LogP contribution in [0.3, 0.4) is 0 Å². The van der Waals surface area contributed by atoms with Gasteiger partial charge in [-0.15, -0.1) is 0 Å². The molecule has 1 aromatic carbocycles. The van der Waals surface area contributed by atoms with Gasteiger partial charge in [0.15, 0.2) is 0 Å². The molecule has 90 valence electrons. The highest BCUT2D eigenvalue weighted by Crippen LogP contribution is 2.09. The van der Waals surface area contributed by atoms with Crippen LogP contribution in [0.2, 0.25) is 0 Å². The van der Waals surface area contributed by atoms with Gasteiger partial charge in [-0.3, -0.25) is 9.69 Å². The quantitative estimate of drug-likeness (QED) is 0.839. The first-order chi connectivity index (χ1) is 8.18. The molecule has 0 radical (unpaired) electrons. The van der Waals surface area contributed by atoms with Crippen LogP contribution in [0.1, 0.15) is 5.56 Å². The van der Waals surface area contributed by atoms with Crippen LogP contribution in [0.4, 0.5) is 4.79 Å². The van der Waals surface area contributed by atoms with Gasteiger partial charge in [-0.1, -0.05) is 30.3 Å².